The van der Waals surface area contributed by atoms with Gasteiger partial charge in [-0.1, -0.05) is 47.0 Å². The van der Waals surface area contributed by atoms with E-state index in [4.69, 9.17) is 0 Å². The van der Waals surface area contributed by atoms with Gasteiger partial charge in [-0.05, 0) is 37.1 Å². The minimum Gasteiger partial charge on any atom is -0.313 e. The van der Waals surface area contributed by atoms with Crippen LogP contribution in [0.15, 0.2) is 0 Å². The lowest BCUT2D eigenvalue weighted by atomic mass is 9.80. The lowest BCUT2D eigenvalue weighted by molar-refractivity contribution is 0.219. The standard InChI is InChI=1S/C14H29N/c1-5-13(6-2)10-15-14-9-11(3)7-8-12(14)4/h11-15H,5-10H2,1-4H3. The van der Waals surface area contributed by atoms with Crippen molar-refractivity contribution in [1.29, 1.82) is 0 Å². The maximum atomic E-state index is 3.80. The molecule has 3 atom stereocenters. The Labute approximate surface area is 96.0 Å². The molecule has 0 aliphatic heterocycles. The van der Waals surface area contributed by atoms with E-state index in [0.717, 1.165) is 23.8 Å². The molecule has 0 bridgehead atoms. The maximum Gasteiger partial charge on any atom is 0.00953 e. The molecule has 0 saturated heterocycles. The minimum absolute atomic E-state index is 0.786. The fourth-order valence-corrected chi connectivity index (χ4v) is 2.71. The molecule has 1 fully saturated rings. The molecule has 1 nitrogen and oxygen atoms in total. The lowest BCUT2D eigenvalue weighted by Gasteiger charge is -2.34. The molecule has 1 N–H and O–H groups in total. The summed E-state index contributed by atoms with van der Waals surface area (Å²) in [5, 5.41) is 3.80. The van der Waals surface area contributed by atoms with Crippen molar-refractivity contribution < 1.29 is 0 Å². The normalized spacial score (nSPS) is 32.2. The lowest BCUT2D eigenvalue weighted by Crippen LogP contribution is -2.41. The number of hydrogen-bond acceptors (Lipinski definition) is 1. The molecule has 90 valence electrons. The Morgan fingerprint density at radius 3 is 2.40 bits per heavy atom. The zero-order chi connectivity index (χ0) is 11.3. The Kier molecular flexibility index (Phi) is 5.66. The zero-order valence-electron chi connectivity index (χ0n) is 11.1. The van der Waals surface area contributed by atoms with Crippen molar-refractivity contribution in [1.82, 2.24) is 5.32 Å². The van der Waals surface area contributed by atoms with E-state index in [1.807, 2.05) is 0 Å². The first-order valence-electron chi connectivity index (χ1n) is 6.90. The Hall–Kier alpha value is -0.0400. The zero-order valence-corrected chi connectivity index (χ0v) is 11.1. The third-order valence-electron chi connectivity index (χ3n) is 4.28. The Morgan fingerprint density at radius 1 is 1.13 bits per heavy atom. The molecule has 0 aromatic rings. The van der Waals surface area contributed by atoms with Gasteiger partial charge in [-0.15, -0.1) is 0 Å². The summed E-state index contributed by atoms with van der Waals surface area (Å²) in [4.78, 5) is 0. The van der Waals surface area contributed by atoms with E-state index in [1.165, 1.54) is 38.6 Å². The van der Waals surface area contributed by atoms with Crippen LogP contribution in [-0.2, 0) is 0 Å². The van der Waals surface area contributed by atoms with Gasteiger partial charge in [0.25, 0.3) is 0 Å². The van der Waals surface area contributed by atoms with Gasteiger partial charge in [-0.2, -0.15) is 0 Å². The third-order valence-corrected chi connectivity index (χ3v) is 4.28. The van der Waals surface area contributed by atoms with Crippen LogP contribution in [0.3, 0.4) is 0 Å². The van der Waals surface area contributed by atoms with Gasteiger partial charge in [0.15, 0.2) is 0 Å². The van der Waals surface area contributed by atoms with Gasteiger partial charge in [0, 0.05) is 6.04 Å². The van der Waals surface area contributed by atoms with E-state index in [1.54, 1.807) is 0 Å². The average molecular weight is 211 g/mol. The molecule has 15 heavy (non-hydrogen) atoms. The van der Waals surface area contributed by atoms with Crippen LogP contribution in [-0.4, -0.2) is 12.6 Å². The molecule has 0 aromatic carbocycles. The molecule has 1 aliphatic rings. The molecule has 0 radical (unpaired) electrons. The van der Waals surface area contributed by atoms with Crippen LogP contribution in [0.2, 0.25) is 0 Å². The summed E-state index contributed by atoms with van der Waals surface area (Å²) in [6.45, 7) is 10.7. The van der Waals surface area contributed by atoms with Crippen molar-refractivity contribution >= 4 is 0 Å². The first kappa shape index (κ1) is 13.0. The molecule has 0 amide bonds. The van der Waals surface area contributed by atoms with Crippen LogP contribution >= 0.6 is 0 Å². The van der Waals surface area contributed by atoms with Crippen molar-refractivity contribution in [2.45, 2.75) is 65.8 Å². The number of nitrogens with one attached hydrogen (secondary N) is 1. The molecular formula is C14H29N. The van der Waals surface area contributed by atoms with Crippen LogP contribution in [0.5, 0.6) is 0 Å². The van der Waals surface area contributed by atoms with Crippen LogP contribution in [0.25, 0.3) is 0 Å². The first-order valence-corrected chi connectivity index (χ1v) is 6.90. The van der Waals surface area contributed by atoms with Gasteiger partial charge in [-0.25, -0.2) is 0 Å². The highest BCUT2D eigenvalue weighted by atomic mass is 14.9. The van der Waals surface area contributed by atoms with Crippen molar-refractivity contribution in [2.75, 3.05) is 6.54 Å². The Morgan fingerprint density at radius 2 is 1.80 bits per heavy atom. The second kappa shape index (κ2) is 6.52. The van der Waals surface area contributed by atoms with E-state index in [9.17, 15) is 0 Å². The van der Waals surface area contributed by atoms with Crippen molar-refractivity contribution in [2.24, 2.45) is 17.8 Å². The number of hydrogen-bond donors (Lipinski definition) is 1. The van der Waals surface area contributed by atoms with Crippen LogP contribution in [0.4, 0.5) is 0 Å². The highest BCUT2D eigenvalue weighted by molar-refractivity contribution is 4.81. The summed E-state index contributed by atoms with van der Waals surface area (Å²) in [6, 6.07) is 0.786. The molecule has 1 heteroatoms. The van der Waals surface area contributed by atoms with Gasteiger partial charge < -0.3 is 5.32 Å². The largest absolute Gasteiger partial charge is 0.313 e. The summed E-state index contributed by atoms with van der Waals surface area (Å²) in [7, 11) is 0. The van der Waals surface area contributed by atoms with Gasteiger partial charge >= 0.3 is 0 Å². The van der Waals surface area contributed by atoms with E-state index in [2.05, 4.69) is 33.0 Å². The van der Waals surface area contributed by atoms with Gasteiger partial charge in [0.05, 0.1) is 0 Å². The monoisotopic (exact) mass is 211 g/mol. The Balaban J connectivity index is 2.29. The molecule has 0 aromatic heterocycles. The van der Waals surface area contributed by atoms with Crippen molar-refractivity contribution in [3.05, 3.63) is 0 Å². The van der Waals surface area contributed by atoms with E-state index >= 15 is 0 Å². The second-order valence-corrected chi connectivity index (χ2v) is 5.59. The summed E-state index contributed by atoms with van der Waals surface area (Å²) < 4.78 is 0. The molecule has 1 rings (SSSR count). The van der Waals surface area contributed by atoms with Crippen molar-refractivity contribution in [3.63, 3.8) is 0 Å². The van der Waals surface area contributed by atoms with Gasteiger partial charge in [-0.3, -0.25) is 0 Å². The van der Waals surface area contributed by atoms with Crippen molar-refractivity contribution in [3.8, 4) is 0 Å². The molecule has 0 heterocycles. The average Bonchev–Trinajstić information content (AvgIpc) is 2.24. The topological polar surface area (TPSA) is 12.0 Å². The SMILES string of the molecule is CCC(CC)CNC1CC(C)CCC1C. The molecular weight excluding hydrogens is 182 g/mol. The summed E-state index contributed by atoms with van der Waals surface area (Å²) in [6.07, 6.45) is 6.88. The highest BCUT2D eigenvalue weighted by Crippen LogP contribution is 2.28. The summed E-state index contributed by atoms with van der Waals surface area (Å²) >= 11 is 0. The van der Waals surface area contributed by atoms with Gasteiger partial charge in [0.1, 0.15) is 0 Å². The van der Waals surface area contributed by atoms with Gasteiger partial charge in [0.2, 0.25) is 0 Å². The predicted molar refractivity (Wildman–Crippen MR) is 68.0 cm³/mol. The quantitative estimate of drug-likeness (QED) is 0.728. The van der Waals surface area contributed by atoms with Crippen LogP contribution < -0.4 is 5.32 Å². The molecule has 1 aliphatic carbocycles. The summed E-state index contributed by atoms with van der Waals surface area (Å²) in [5.41, 5.74) is 0. The highest BCUT2D eigenvalue weighted by Gasteiger charge is 2.25. The Bertz CT molecular complexity index is 163. The maximum absolute atomic E-state index is 3.80. The van der Waals surface area contributed by atoms with E-state index in [0.29, 0.717) is 0 Å². The minimum atomic E-state index is 0.786. The first-order chi connectivity index (χ1) is 7.17. The van der Waals surface area contributed by atoms with E-state index < -0.39 is 0 Å². The van der Waals surface area contributed by atoms with Crippen LogP contribution in [0.1, 0.15) is 59.8 Å². The fourth-order valence-electron chi connectivity index (χ4n) is 2.71. The van der Waals surface area contributed by atoms with Crippen LogP contribution in [0, 0.1) is 17.8 Å². The molecule has 3 unspecified atom stereocenters. The fraction of sp³-hybridized carbons (Fsp3) is 1.00. The molecule has 0 spiro atoms. The predicted octanol–water partition coefficient (Wildman–Crippen LogP) is 3.84. The summed E-state index contributed by atoms with van der Waals surface area (Å²) in [5.74, 6) is 2.70. The third kappa shape index (κ3) is 4.14. The second-order valence-electron chi connectivity index (χ2n) is 5.59. The van der Waals surface area contributed by atoms with E-state index in [-0.39, 0.29) is 0 Å². The number of rotatable bonds is 5. The smallest absolute Gasteiger partial charge is 0.00953 e. The molecule has 1 saturated carbocycles.